The number of nitrogens with zero attached hydrogens (tertiary/aromatic N) is 1. The summed E-state index contributed by atoms with van der Waals surface area (Å²) in [5.41, 5.74) is 0. The molecule has 0 aliphatic carbocycles. The maximum absolute atomic E-state index is 12.8. The molecule has 0 saturated carbocycles. The first kappa shape index (κ1) is 61.5. The maximum atomic E-state index is 12.8. The molecule has 0 aromatic rings. The lowest BCUT2D eigenvalue weighted by molar-refractivity contribution is -0.870. The molecule has 0 aliphatic rings. The van der Waals surface area contributed by atoms with Gasteiger partial charge >= 0.3 is 19.8 Å². The Morgan fingerprint density at radius 2 is 0.810 bits per heavy atom. The van der Waals surface area contributed by atoms with E-state index >= 15 is 0 Å². The van der Waals surface area contributed by atoms with Crippen LogP contribution >= 0.6 is 7.82 Å². The third-order valence-corrected chi connectivity index (χ3v) is 12.7. The van der Waals surface area contributed by atoms with Crippen LogP contribution in [0.4, 0.5) is 0 Å². The summed E-state index contributed by atoms with van der Waals surface area (Å²) in [6, 6.07) is 0. The molecule has 0 heterocycles. The molecule has 9 nitrogen and oxygen atoms in total. The van der Waals surface area contributed by atoms with Gasteiger partial charge in [-0.3, -0.25) is 18.6 Å². The Balaban J connectivity index is 4.20. The van der Waals surface area contributed by atoms with E-state index in [4.69, 9.17) is 18.5 Å². The highest BCUT2D eigenvalue weighted by molar-refractivity contribution is 7.47. The van der Waals surface area contributed by atoms with Crippen LogP contribution in [0.15, 0.2) is 24.3 Å². The number of phosphoric ester groups is 1. The van der Waals surface area contributed by atoms with Crippen LogP contribution in [0.2, 0.25) is 0 Å². The van der Waals surface area contributed by atoms with E-state index in [2.05, 4.69) is 38.2 Å². The van der Waals surface area contributed by atoms with Crippen LogP contribution in [0, 0.1) is 0 Å². The van der Waals surface area contributed by atoms with Crippen molar-refractivity contribution in [2.24, 2.45) is 0 Å². The van der Waals surface area contributed by atoms with Crippen molar-refractivity contribution >= 4 is 19.8 Å². The normalized spacial score (nSPS) is 13.6. The number of carbonyl (C=O) groups excluding carboxylic acids is 2. The van der Waals surface area contributed by atoms with Crippen LogP contribution < -0.4 is 0 Å². The van der Waals surface area contributed by atoms with E-state index in [0.29, 0.717) is 17.4 Å². The van der Waals surface area contributed by atoms with Crippen molar-refractivity contribution in [3.63, 3.8) is 0 Å². The zero-order valence-electron chi connectivity index (χ0n) is 42.1. The van der Waals surface area contributed by atoms with E-state index in [1.54, 1.807) is 0 Å². The molecule has 0 aromatic heterocycles. The molecule has 0 amide bonds. The zero-order chi connectivity index (χ0) is 46.4. The van der Waals surface area contributed by atoms with Crippen molar-refractivity contribution in [1.82, 2.24) is 0 Å². The SMILES string of the molecule is CCCCCCCCC/C=C\CCCCCCCC(=O)OCC(COP(=O)(O)OCC[N+](C)(C)C)OC(=O)CCCCCCCCCCCCC/C=C\CCCCCCCCCC. The molecule has 0 spiro atoms. The summed E-state index contributed by atoms with van der Waals surface area (Å²) in [7, 11) is 1.48. The Hall–Kier alpha value is -1.51. The minimum absolute atomic E-state index is 0.0320. The predicted molar refractivity (Wildman–Crippen MR) is 266 cm³/mol. The summed E-state index contributed by atoms with van der Waals surface area (Å²) in [6.45, 7) is 4.45. The van der Waals surface area contributed by atoms with Crippen molar-refractivity contribution < 1.29 is 42.1 Å². The summed E-state index contributed by atoms with van der Waals surface area (Å²) in [4.78, 5) is 35.6. The van der Waals surface area contributed by atoms with E-state index in [1.165, 1.54) is 167 Å². The molecule has 1 N–H and O–H groups in total. The minimum Gasteiger partial charge on any atom is -0.462 e. The Kier molecular flexibility index (Phi) is 44.5. The summed E-state index contributed by atoms with van der Waals surface area (Å²) < 4.78 is 34.5. The Morgan fingerprint density at radius 3 is 1.17 bits per heavy atom. The number of carbonyl (C=O) groups is 2. The van der Waals surface area contributed by atoms with Gasteiger partial charge in [-0.05, 0) is 64.2 Å². The molecule has 10 heteroatoms. The first-order chi connectivity index (χ1) is 30.5. The van der Waals surface area contributed by atoms with Gasteiger partial charge in [-0.2, -0.15) is 0 Å². The molecule has 0 saturated heterocycles. The van der Waals surface area contributed by atoms with Crippen LogP contribution in [0.25, 0.3) is 0 Å². The number of quaternary nitrogens is 1. The van der Waals surface area contributed by atoms with Crippen molar-refractivity contribution in [1.29, 1.82) is 0 Å². The van der Waals surface area contributed by atoms with Gasteiger partial charge in [0.15, 0.2) is 6.10 Å². The van der Waals surface area contributed by atoms with Gasteiger partial charge in [-0.25, -0.2) is 4.57 Å². The van der Waals surface area contributed by atoms with E-state index in [-0.39, 0.29) is 32.0 Å². The third-order valence-electron chi connectivity index (χ3n) is 11.7. The van der Waals surface area contributed by atoms with E-state index in [9.17, 15) is 19.0 Å². The van der Waals surface area contributed by atoms with Crippen molar-refractivity contribution in [3.05, 3.63) is 24.3 Å². The van der Waals surface area contributed by atoms with Crippen LogP contribution in [0.1, 0.15) is 251 Å². The van der Waals surface area contributed by atoms with E-state index < -0.39 is 26.5 Å². The molecule has 0 rings (SSSR count). The lowest BCUT2D eigenvalue weighted by Gasteiger charge is -2.24. The highest BCUT2D eigenvalue weighted by Gasteiger charge is 2.27. The fourth-order valence-electron chi connectivity index (χ4n) is 7.53. The van der Waals surface area contributed by atoms with E-state index in [0.717, 1.165) is 51.4 Å². The number of unbranched alkanes of at least 4 members (excludes halogenated alkanes) is 31. The molecule has 0 bridgehead atoms. The molecule has 2 atom stereocenters. The molecular weight excluding hydrogens is 810 g/mol. The van der Waals surface area contributed by atoms with Gasteiger partial charge in [0.1, 0.15) is 19.8 Å². The number of hydrogen-bond acceptors (Lipinski definition) is 7. The van der Waals surface area contributed by atoms with Gasteiger partial charge in [0.2, 0.25) is 0 Å². The fourth-order valence-corrected chi connectivity index (χ4v) is 8.28. The first-order valence-electron chi connectivity index (χ1n) is 26.6. The van der Waals surface area contributed by atoms with Crippen molar-refractivity contribution in [2.45, 2.75) is 258 Å². The second kappa shape index (κ2) is 45.6. The maximum Gasteiger partial charge on any atom is 0.472 e. The number of likely N-dealkylation sites (N-methyl/N-ethyl adjacent to an activating group) is 1. The summed E-state index contributed by atoms with van der Waals surface area (Å²) in [5.74, 6) is -0.798. The molecule has 0 fully saturated rings. The van der Waals surface area contributed by atoms with Gasteiger partial charge in [0, 0.05) is 12.8 Å². The minimum atomic E-state index is -4.38. The quantitative estimate of drug-likeness (QED) is 0.0211. The zero-order valence-corrected chi connectivity index (χ0v) is 43.0. The standard InChI is InChI=1S/C53H102NO8P/c1-6-8-10-12-14-16-18-20-22-24-25-26-27-28-29-30-32-34-36-38-40-42-44-46-53(56)62-51(50-61-63(57,58)60-48-47-54(3,4)5)49-59-52(55)45-43-41-39-37-35-33-31-23-21-19-17-15-13-11-9-7-2/h23-25,31,51H,6-22,26-30,32-50H2,1-5H3/p+1/b25-24-,31-23-. The van der Waals surface area contributed by atoms with Gasteiger partial charge in [0.05, 0.1) is 27.7 Å². The van der Waals surface area contributed by atoms with Gasteiger partial charge in [0.25, 0.3) is 0 Å². The summed E-state index contributed by atoms with van der Waals surface area (Å²) in [6.07, 6.45) is 52.3. The summed E-state index contributed by atoms with van der Waals surface area (Å²) >= 11 is 0. The monoisotopic (exact) mass is 913 g/mol. The van der Waals surface area contributed by atoms with Crippen LogP contribution in [0.5, 0.6) is 0 Å². The van der Waals surface area contributed by atoms with Crippen molar-refractivity contribution in [3.8, 4) is 0 Å². The Bertz CT molecular complexity index is 1120. The molecule has 372 valence electrons. The highest BCUT2D eigenvalue weighted by atomic mass is 31.2. The average molecular weight is 913 g/mol. The largest absolute Gasteiger partial charge is 0.472 e. The lowest BCUT2D eigenvalue weighted by Crippen LogP contribution is -2.37. The molecule has 63 heavy (non-hydrogen) atoms. The summed E-state index contributed by atoms with van der Waals surface area (Å²) in [5, 5.41) is 0. The number of rotatable bonds is 49. The number of allylic oxidation sites excluding steroid dienone is 4. The predicted octanol–water partition coefficient (Wildman–Crippen LogP) is 15.9. The molecular formula is C53H103NO8P+. The second-order valence-corrected chi connectivity index (χ2v) is 20.7. The van der Waals surface area contributed by atoms with Crippen molar-refractivity contribution in [2.75, 3.05) is 47.5 Å². The van der Waals surface area contributed by atoms with Crippen LogP contribution in [-0.4, -0.2) is 74.9 Å². The van der Waals surface area contributed by atoms with Crippen LogP contribution in [-0.2, 0) is 32.7 Å². The third kappa shape index (κ3) is 49.8. The molecule has 0 aliphatic heterocycles. The Morgan fingerprint density at radius 1 is 0.476 bits per heavy atom. The number of esters is 2. The molecule has 2 unspecified atom stereocenters. The fraction of sp³-hybridized carbons (Fsp3) is 0.887. The topological polar surface area (TPSA) is 108 Å². The smallest absolute Gasteiger partial charge is 0.462 e. The van der Waals surface area contributed by atoms with E-state index in [1.807, 2.05) is 21.1 Å². The van der Waals surface area contributed by atoms with Gasteiger partial charge in [-0.1, -0.05) is 199 Å². The first-order valence-corrected chi connectivity index (χ1v) is 28.1. The van der Waals surface area contributed by atoms with Gasteiger partial charge < -0.3 is 18.9 Å². The molecule has 0 aromatic carbocycles. The second-order valence-electron chi connectivity index (χ2n) is 19.3. The Labute approximate surface area is 389 Å². The van der Waals surface area contributed by atoms with Gasteiger partial charge in [-0.15, -0.1) is 0 Å². The molecule has 0 radical (unpaired) electrons. The average Bonchev–Trinajstić information content (AvgIpc) is 3.24. The van der Waals surface area contributed by atoms with Crippen LogP contribution in [0.3, 0.4) is 0 Å². The lowest BCUT2D eigenvalue weighted by atomic mass is 10.0. The number of ether oxygens (including phenoxy) is 2. The number of phosphoric acid groups is 1. The number of hydrogen-bond donors (Lipinski definition) is 1. The highest BCUT2D eigenvalue weighted by Crippen LogP contribution is 2.43.